The molecule has 1 unspecified atom stereocenters. The molecule has 1 fully saturated rings. The average molecular weight is 364 g/mol. The average Bonchev–Trinajstić information content (AvgIpc) is 2.67. The minimum Gasteiger partial charge on any atom is -0.480 e. The van der Waals surface area contributed by atoms with Gasteiger partial charge in [0, 0.05) is 0 Å². The van der Waals surface area contributed by atoms with Crippen LogP contribution in [-0.2, 0) is 16.0 Å². The van der Waals surface area contributed by atoms with Gasteiger partial charge in [-0.25, -0.2) is 0 Å². The Labute approximate surface area is 141 Å². The first-order chi connectivity index (χ1) is 9.88. The number of rotatable bonds is 5. The Morgan fingerprint density at radius 1 is 1.38 bits per heavy atom. The molecule has 112 valence electrons. The van der Waals surface area contributed by atoms with Crippen LogP contribution in [0.15, 0.2) is 18.2 Å². The van der Waals surface area contributed by atoms with Crippen molar-refractivity contribution in [1.82, 2.24) is 4.90 Å². The summed E-state index contributed by atoms with van der Waals surface area (Å²) in [6, 6.07) is 5.33. The number of thiocarbonyl (C=S) groups is 1. The predicted molar refractivity (Wildman–Crippen MR) is 88.1 cm³/mol. The van der Waals surface area contributed by atoms with Crippen LogP contribution in [0, 0.1) is 0 Å². The smallest absolute Gasteiger partial charge is 0.323 e. The Morgan fingerprint density at radius 2 is 2.10 bits per heavy atom. The molecule has 8 heteroatoms. The fourth-order valence-corrected chi connectivity index (χ4v) is 3.77. The van der Waals surface area contributed by atoms with Crippen molar-refractivity contribution in [3.63, 3.8) is 0 Å². The van der Waals surface area contributed by atoms with Gasteiger partial charge in [0.15, 0.2) is 0 Å². The van der Waals surface area contributed by atoms with Gasteiger partial charge in [-0.1, -0.05) is 53.2 Å². The van der Waals surface area contributed by atoms with Crippen molar-refractivity contribution in [2.75, 3.05) is 6.54 Å². The topological polar surface area (TPSA) is 57.6 Å². The van der Waals surface area contributed by atoms with Gasteiger partial charge in [-0.3, -0.25) is 14.5 Å². The van der Waals surface area contributed by atoms with E-state index in [4.69, 9.17) is 40.5 Å². The number of amides is 1. The number of aliphatic carboxylic acids is 1. The first-order valence-corrected chi connectivity index (χ1v) is 8.10. The molecule has 4 nitrogen and oxygen atoms in total. The quantitative estimate of drug-likeness (QED) is 0.813. The van der Waals surface area contributed by atoms with Crippen LogP contribution in [0.25, 0.3) is 0 Å². The largest absolute Gasteiger partial charge is 0.480 e. The molecule has 0 aliphatic carbocycles. The zero-order valence-electron chi connectivity index (χ0n) is 10.7. The van der Waals surface area contributed by atoms with Crippen LogP contribution in [0.4, 0.5) is 0 Å². The lowest BCUT2D eigenvalue weighted by atomic mass is 10.1. The van der Waals surface area contributed by atoms with Crippen molar-refractivity contribution in [2.45, 2.75) is 18.1 Å². The summed E-state index contributed by atoms with van der Waals surface area (Å²) in [5, 5.41) is 9.39. The molecule has 1 amide bonds. The minimum atomic E-state index is -1.07. The van der Waals surface area contributed by atoms with Crippen molar-refractivity contribution in [2.24, 2.45) is 0 Å². The summed E-state index contributed by atoms with van der Waals surface area (Å²) in [6.45, 7) is -0.381. The number of halogens is 2. The van der Waals surface area contributed by atoms with E-state index in [1.165, 1.54) is 11.8 Å². The maximum Gasteiger partial charge on any atom is 0.323 e. The van der Waals surface area contributed by atoms with Gasteiger partial charge in [0.05, 0.1) is 15.3 Å². The molecular weight excluding hydrogens is 353 g/mol. The van der Waals surface area contributed by atoms with Gasteiger partial charge in [0.1, 0.15) is 10.9 Å². The van der Waals surface area contributed by atoms with Gasteiger partial charge >= 0.3 is 5.97 Å². The molecule has 0 radical (unpaired) electrons. The van der Waals surface area contributed by atoms with E-state index in [1.54, 1.807) is 12.1 Å². The van der Waals surface area contributed by atoms with E-state index in [0.29, 0.717) is 27.2 Å². The van der Waals surface area contributed by atoms with E-state index in [2.05, 4.69) is 0 Å². The van der Waals surface area contributed by atoms with Crippen LogP contribution in [0.2, 0.25) is 10.0 Å². The molecule has 1 aliphatic rings. The number of hydrogen-bond acceptors (Lipinski definition) is 4. The molecule has 1 aliphatic heterocycles. The Kier molecular flexibility index (Phi) is 5.48. The fraction of sp³-hybridized carbons (Fsp3) is 0.308. The highest BCUT2D eigenvalue weighted by molar-refractivity contribution is 8.24. The predicted octanol–water partition coefficient (Wildman–Crippen LogP) is 3.24. The Morgan fingerprint density at radius 3 is 2.71 bits per heavy atom. The first-order valence-electron chi connectivity index (χ1n) is 6.06. The Bertz CT molecular complexity index is 609. The molecule has 1 N–H and O–H groups in total. The molecule has 0 spiro atoms. The number of carboxylic acid groups (broad SMARTS) is 1. The minimum absolute atomic E-state index is 0.243. The SMILES string of the molecule is O=C(O)CN1C(=O)C(CCc2ccc(Cl)c(Cl)c2)SC1=S. The van der Waals surface area contributed by atoms with Crippen molar-refractivity contribution in [3.8, 4) is 0 Å². The van der Waals surface area contributed by atoms with Gasteiger partial charge in [0.2, 0.25) is 5.91 Å². The normalized spacial score (nSPS) is 18.4. The van der Waals surface area contributed by atoms with Crippen LogP contribution in [-0.4, -0.2) is 38.0 Å². The monoisotopic (exact) mass is 363 g/mol. The summed E-state index contributed by atoms with van der Waals surface area (Å²) in [5.74, 6) is -1.32. The molecular formula is C13H11Cl2NO3S2. The van der Waals surface area contributed by atoms with Gasteiger partial charge in [0.25, 0.3) is 0 Å². The van der Waals surface area contributed by atoms with E-state index in [0.717, 1.165) is 10.5 Å². The van der Waals surface area contributed by atoms with Crippen molar-refractivity contribution in [1.29, 1.82) is 0 Å². The maximum absolute atomic E-state index is 12.1. The molecule has 0 bridgehead atoms. The van der Waals surface area contributed by atoms with Gasteiger partial charge in [-0.15, -0.1) is 0 Å². The highest BCUT2D eigenvalue weighted by Crippen LogP contribution is 2.31. The van der Waals surface area contributed by atoms with Gasteiger partial charge in [-0.2, -0.15) is 0 Å². The molecule has 0 aromatic heterocycles. The number of carbonyl (C=O) groups excluding carboxylic acids is 1. The number of thioether (sulfide) groups is 1. The second-order valence-corrected chi connectivity index (χ2v) is 7.13. The van der Waals surface area contributed by atoms with Crippen LogP contribution >= 0.6 is 47.2 Å². The van der Waals surface area contributed by atoms with E-state index < -0.39 is 5.97 Å². The third-order valence-corrected chi connectivity index (χ3v) is 5.37. The van der Waals surface area contributed by atoms with Crippen molar-refractivity contribution >= 4 is 63.4 Å². The summed E-state index contributed by atoms with van der Waals surface area (Å²) in [7, 11) is 0. The summed E-state index contributed by atoms with van der Waals surface area (Å²) in [4.78, 5) is 24.0. The van der Waals surface area contributed by atoms with Crippen LogP contribution in [0.5, 0.6) is 0 Å². The van der Waals surface area contributed by atoms with E-state index in [-0.39, 0.29) is 17.7 Å². The maximum atomic E-state index is 12.1. The number of benzene rings is 1. The molecule has 0 saturated carbocycles. The second kappa shape index (κ2) is 6.96. The third kappa shape index (κ3) is 4.10. The van der Waals surface area contributed by atoms with Crippen molar-refractivity contribution in [3.05, 3.63) is 33.8 Å². The van der Waals surface area contributed by atoms with Crippen LogP contribution in [0.1, 0.15) is 12.0 Å². The lowest BCUT2D eigenvalue weighted by Gasteiger charge is -2.12. The van der Waals surface area contributed by atoms with Crippen LogP contribution in [0.3, 0.4) is 0 Å². The lowest BCUT2D eigenvalue weighted by Crippen LogP contribution is -2.35. The number of hydrogen-bond donors (Lipinski definition) is 1. The Balaban J connectivity index is 1.97. The molecule has 1 heterocycles. The number of carboxylic acids is 1. The summed E-state index contributed by atoms with van der Waals surface area (Å²) < 4.78 is 0.321. The first kappa shape index (κ1) is 16.5. The second-order valence-electron chi connectivity index (χ2n) is 4.48. The van der Waals surface area contributed by atoms with E-state index in [9.17, 15) is 9.59 Å². The highest BCUT2D eigenvalue weighted by Gasteiger charge is 2.37. The number of carbonyl (C=O) groups is 2. The van der Waals surface area contributed by atoms with Crippen molar-refractivity contribution < 1.29 is 14.7 Å². The fourth-order valence-electron chi connectivity index (χ4n) is 1.95. The summed E-state index contributed by atoms with van der Waals surface area (Å²) in [6.07, 6.45) is 1.21. The molecule has 2 rings (SSSR count). The van der Waals surface area contributed by atoms with Gasteiger partial charge < -0.3 is 5.11 Å². The molecule has 1 aromatic carbocycles. The van der Waals surface area contributed by atoms with E-state index >= 15 is 0 Å². The third-order valence-electron chi connectivity index (χ3n) is 2.98. The number of nitrogens with zero attached hydrogens (tertiary/aromatic N) is 1. The van der Waals surface area contributed by atoms with Crippen LogP contribution < -0.4 is 0 Å². The zero-order valence-corrected chi connectivity index (χ0v) is 13.9. The standard InChI is InChI=1S/C13H11Cl2NO3S2/c14-8-3-1-7(5-9(8)15)2-4-10-12(19)16(6-11(17)18)13(20)21-10/h1,3,5,10H,2,4,6H2,(H,17,18). The Hall–Kier alpha value is -0.820. The number of aryl methyl sites for hydroxylation is 1. The van der Waals surface area contributed by atoms with E-state index in [1.807, 2.05) is 6.07 Å². The molecule has 1 saturated heterocycles. The highest BCUT2D eigenvalue weighted by atomic mass is 35.5. The lowest BCUT2D eigenvalue weighted by molar-refractivity contribution is -0.141. The zero-order chi connectivity index (χ0) is 15.6. The summed E-state index contributed by atoms with van der Waals surface area (Å²) in [5.41, 5.74) is 0.973. The summed E-state index contributed by atoms with van der Waals surface area (Å²) >= 11 is 18.1. The molecule has 1 atom stereocenters. The molecule has 1 aromatic rings. The van der Waals surface area contributed by atoms with Gasteiger partial charge in [-0.05, 0) is 30.5 Å². The molecule has 21 heavy (non-hydrogen) atoms.